The number of carbonyl (C=O) groups excluding carboxylic acids is 2. The van der Waals surface area contributed by atoms with Gasteiger partial charge in [-0.15, -0.1) is 0 Å². The molecule has 1 aromatic heterocycles. The maximum Gasteiger partial charge on any atom is 0.227 e. The molecule has 29 heavy (non-hydrogen) atoms. The van der Waals surface area contributed by atoms with Crippen LogP contribution >= 0.6 is 0 Å². The SMILES string of the molecule is CCC(=O)N1CCC[C@@H](C(=O)N2CCC(n3c(CC)nc4ccccc43)CC2)C1. The molecule has 2 amide bonds. The minimum Gasteiger partial charge on any atom is -0.342 e. The Kier molecular flexibility index (Phi) is 5.88. The molecule has 2 aliphatic heterocycles. The summed E-state index contributed by atoms with van der Waals surface area (Å²) in [5.41, 5.74) is 2.26. The van der Waals surface area contributed by atoms with E-state index in [-0.39, 0.29) is 17.7 Å². The Bertz CT molecular complexity index is 882. The van der Waals surface area contributed by atoms with E-state index in [1.165, 1.54) is 5.52 Å². The first-order valence-corrected chi connectivity index (χ1v) is 11.1. The summed E-state index contributed by atoms with van der Waals surface area (Å²) in [6.45, 7) is 7.02. The van der Waals surface area contributed by atoms with E-state index in [0.717, 1.165) is 63.1 Å². The summed E-state index contributed by atoms with van der Waals surface area (Å²) in [5.74, 6) is 1.51. The summed E-state index contributed by atoms with van der Waals surface area (Å²) in [6, 6.07) is 8.74. The number of fused-ring (bicyclic) bond motifs is 1. The molecular formula is C23H32N4O2. The molecule has 0 saturated carbocycles. The molecule has 6 heteroatoms. The van der Waals surface area contributed by atoms with Crippen molar-refractivity contribution < 1.29 is 9.59 Å². The van der Waals surface area contributed by atoms with Crippen LogP contribution in [-0.4, -0.2) is 57.3 Å². The standard InChI is InChI=1S/C23H32N4O2/c1-3-21-24-19-9-5-6-10-20(19)27(21)18-11-14-25(15-12-18)23(29)17-8-7-13-26(16-17)22(28)4-2/h5-6,9-10,17-18H,3-4,7-8,11-16H2,1-2H3/t17-/m1/s1. The number of aryl methyl sites for hydroxylation is 1. The first kappa shape index (κ1) is 19.9. The summed E-state index contributed by atoms with van der Waals surface area (Å²) in [7, 11) is 0. The van der Waals surface area contributed by atoms with Crippen molar-refractivity contribution in [2.75, 3.05) is 26.2 Å². The highest BCUT2D eigenvalue weighted by Crippen LogP contribution is 2.30. The maximum atomic E-state index is 13.1. The largest absolute Gasteiger partial charge is 0.342 e. The van der Waals surface area contributed by atoms with Crippen LogP contribution in [0.2, 0.25) is 0 Å². The predicted octanol–water partition coefficient (Wildman–Crippen LogP) is 3.41. The van der Waals surface area contributed by atoms with Gasteiger partial charge in [0.05, 0.1) is 17.0 Å². The van der Waals surface area contributed by atoms with Crippen molar-refractivity contribution in [1.29, 1.82) is 0 Å². The first-order chi connectivity index (χ1) is 14.1. The van der Waals surface area contributed by atoms with E-state index in [1.807, 2.05) is 22.8 Å². The highest BCUT2D eigenvalue weighted by atomic mass is 16.2. The number of imidazole rings is 1. The third kappa shape index (κ3) is 3.89. The number of aromatic nitrogens is 2. The van der Waals surface area contributed by atoms with Gasteiger partial charge in [0.1, 0.15) is 5.82 Å². The second-order valence-electron chi connectivity index (χ2n) is 8.33. The lowest BCUT2D eigenvalue weighted by Gasteiger charge is -2.38. The van der Waals surface area contributed by atoms with Gasteiger partial charge in [0.15, 0.2) is 0 Å². The number of hydrogen-bond donors (Lipinski definition) is 0. The molecule has 2 fully saturated rings. The van der Waals surface area contributed by atoms with Crippen LogP contribution in [0.1, 0.15) is 57.8 Å². The van der Waals surface area contributed by atoms with Crippen LogP contribution in [0.15, 0.2) is 24.3 Å². The van der Waals surface area contributed by atoms with Crippen molar-refractivity contribution in [3.05, 3.63) is 30.1 Å². The maximum absolute atomic E-state index is 13.1. The molecular weight excluding hydrogens is 364 g/mol. The third-order valence-electron chi connectivity index (χ3n) is 6.55. The van der Waals surface area contributed by atoms with E-state index in [4.69, 9.17) is 4.98 Å². The summed E-state index contributed by atoms with van der Waals surface area (Å²) in [5, 5.41) is 0. The van der Waals surface area contributed by atoms with Crippen molar-refractivity contribution in [2.45, 2.75) is 58.4 Å². The van der Waals surface area contributed by atoms with Crippen molar-refractivity contribution in [3.8, 4) is 0 Å². The zero-order chi connectivity index (χ0) is 20.4. The van der Waals surface area contributed by atoms with Crippen LogP contribution in [0.5, 0.6) is 0 Å². The average Bonchev–Trinajstić information content (AvgIpc) is 3.17. The molecule has 2 saturated heterocycles. The number of amides is 2. The minimum absolute atomic E-state index is 0.0314. The molecule has 0 spiro atoms. The van der Waals surface area contributed by atoms with Gasteiger partial charge in [-0.3, -0.25) is 9.59 Å². The van der Waals surface area contributed by atoms with Gasteiger partial charge in [-0.05, 0) is 37.8 Å². The molecule has 6 nitrogen and oxygen atoms in total. The Balaban J connectivity index is 1.42. The van der Waals surface area contributed by atoms with Gasteiger partial charge in [-0.25, -0.2) is 4.98 Å². The summed E-state index contributed by atoms with van der Waals surface area (Å²) < 4.78 is 2.40. The normalized spacial score (nSPS) is 21.0. The van der Waals surface area contributed by atoms with Crippen LogP contribution in [0.25, 0.3) is 11.0 Å². The third-order valence-corrected chi connectivity index (χ3v) is 6.55. The van der Waals surface area contributed by atoms with E-state index in [0.29, 0.717) is 19.0 Å². The van der Waals surface area contributed by atoms with Gasteiger partial charge < -0.3 is 14.4 Å². The van der Waals surface area contributed by atoms with Crippen LogP contribution in [0.3, 0.4) is 0 Å². The molecule has 0 unspecified atom stereocenters. The number of para-hydroxylation sites is 2. The first-order valence-electron chi connectivity index (χ1n) is 11.1. The molecule has 156 valence electrons. The number of rotatable bonds is 4. The lowest BCUT2D eigenvalue weighted by Crippen LogP contribution is -2.48. The zero-order valence-electron chi connectivity index (χ0n) is 17.6. The van der Waals surface area contributed by atoms with E-state index in [2.05, 4.69) is 29.7 Å². The number of nitrogens with zero attached hydrogens (tertiary/aromatic N) is 4. The molecule has 1 aromatic carbocycles. The lowest BCUT2D eigenvalue weighted by molar-refractivity contribution is -0.141. The molecule has 3 heterocycles. The smallest absolute Gasteiger partial charge is 0.227 e. The number of benzene rings is 1. The number of hydrogen-bond acceptors (Lipinski definition) is 3. The molecule has 0 bridgehead atoms. The Morgan fingerprint density at radius 2 is 1.79 bits per heavy atom. The van der Waals surface area contributed by atoms with Crippen LogP contribution in [0, 0.1) is 5.92 Å². The number of carbonyl (C=O) groups is 2. The fourth-order valence-electron chi connectivity index (χ4n) is 4.98. The van der Waals surface area contributed by atoms with Crippen molar-refractivity contribution in [2.24, 2.45) is 5.92 Å². The molecule has 2 aliphatic rings. The predicted molar refractivity (Wildman–Crippen MR) is 114 cm³/mol. The second-order valence-corrected chi connectivity index (χ2v) is 8.33. The minimum atomic E-state index is -0.0314. The zero-order valence-corrected chi connectivity index (χ0v) is 17.6. The van der Waals surface area contributed by atoms with Crippen molar-refractivity contribution in [3.63, 3.8) is 0 Å². The Labute approximate surface area is 172 Å². The van der Waals surface area contributed by atoms with Gasteiger partial charge in [-0.1, -0.05) is 26.0 Å². The highest BCUT2D eigenvalue weighted by molar-refractivity contribution is 5.81. The fourth-order valence-corrected chi connectivity index (χ4v) is 4.98. The van der Waals surface area contributed by atoms with E-state index in [9.17, 15) is 9.59 Å². The molecule has 0 radical (unpaired) electrons. The van der Waals surface area contributed by atoms with Crippen LogP contribution in [0.4, 0.5) is 0 Å². The van der Waals surface area contributed by atoms with Crippen molar-refractivity contribution in [1.82, 2.24) is 19.4 Å². The van der Waals surface area contributed by atoms with Gasteiger partial charge in [0.25, 0.3) is 0 Å². The Morgan fingerprint density at radius 3 is 2.52 bits per heavy atom. The highest BCUT2D eigenvalue weighted by Gasteiger charge is 2.33. The van der Waals surface area contributed by atoms with Crippen LogP contribution < -0.4 is 0 Å². The summed E-state index contributed by atoms with van der Waals surface area (Å²) in [6.07, 6.45) is 5.19. The quantitative estimate of drug-likeness (QED) is 0.796. The van der Waals surface area contributed by atoms with E-state index in [1.54, 1.807) is 0 Å². The summed E-state index contributed by atoms with van der Waals surface area (Å²) in [4.78, 5) is 33.9. The molecule has 0 N–H and O–H groups in total. The lowest BCUT2D eigenvalue weighted by atomic mass is 9.94. The Morgan fingerprint density at radius 1 is 1.03 bits per heavy atom. The van der Waals surface area contributed by atoms with E-state index >= 15 is 0 Å². The van der Waals surface area contributed by atoms with Gasteiger partial charge in [-0.2, -0.15) is 0 Å². The van der Waals surface area contributed by atoms with Gasteiger partial charge in [0, 0.05) is 45.1 Å². The number of piperidine rings is 2. The molecule has 1 atom stereocenters. The van der Waals surface area contributed by atoms with Gasteiger partial charge in [0.2, 0.25) is 11.8 Å². The molecule has 0 aliphatic carbocycles. The monoisotopic (exact) mass is 396 g/mol. The van der Waals surface area contributed by atoms with Gasteiger partial charge >= 0.3 is 0 Å². The average molecular weight is 397 g/mol. The molecule has 4 rings (SSSR count). The Hall–Kier alpha value is -2.37. The summed E-state index contributed by atoms with van der Waals surface area (Å²) >= 11 is 0. The molecule has 2 aromatic rings. The number of likely N-dealkylation sites (tertiary alicyclic amines) is 2. The van der Waals surface area contributed by atoms with E-state index < -0.39 is 0 Å². The topological polar surface area (TPSA) is 58.4 Å². The van der Waals surface area contributed by atoms with Crippen LogP contribution in [-0.2, 0) is 16.0 Å². The fraction of sp³-hybridized carbons (Fsp3) is 0.609. The second kappa shape index (κ2) is 8.56. The van der Waals surface area contributed by atoms with Crippen molar-refractivity contribution >= 4 is 22.8 Å².